The van der Waals surface area contributed by atoms with E-state index in [9.17, 15) is 4.79 Å². The van der Waals surface area contributed by atoms with E-state index in [0.717, 1.165) is 11.1 Å². The lowest BCUT2D eigenvalue weighted by Gasteiger charge is -2.06. The molecule has 0 saturated heterocycles. The van der Waals surface area contributed by atoms with Gasteiger partial charge in [0.05, 0.1) is 6.21 Å². The third kappa shape index (κ3) is 5.58. The summed E-state index contributed by atoms with van der Waals surface area (Å²) in [7, 11) is 0. The first-order valence-corrected chi connectivity index (χ1v) is 7.66. The zero-order valence-electron chi connectivity index (χ0n) is 13.7. The van der Waals surface area contributed by atoms with Crippen LogP contribution in [0, 0.1) is 6.92 Å². The number of rotatable bonds is 6. The molecule has 0 spiro atoms. The minimum atomic E-state index is -0.290. The first-order valence-electron chi connectivity index (χ1n) is 7.66. The molecule has 0 fully saturated rings. The van der Waals surface area contributed by atoms with Gasteiger partial charge in [0.15, 0.2) is 6.61 Å². The Morgan fingerprint density at radius 1 is 1.22 bits per heavy atom. The van der Waals surface area contributed by atoms with E-state index in [1.807, 2.05) is 43.3 Å². The van der Waals surface area contributed by atoms with Crippen molar-refractivity contribution in [2.75, 3.05) is 6.61 Å². The predicted molar refractivity (Wildman–Crippen MR) is 92.9 cm³/mol. The fourth-order valence-corrected chi connectivity index (χ4v) is 2.03. The highest BCUT2D eigenvalue weighted by atomic mass is 16.5. The fraction of sp³-hybridized carbons (Fsp3) is 0.263. The monoisotopic (exact) mass is 310 g/mol. The summed E-state index contributed by atoms with van der Waals surface area (Å²) >= 11 is 0. The number of nitrogens with one attached hydrogen (secondary N) is 1. The third-order valence-corrected chi connectivity index (χ3v) is 3.37. The van der Waals surface area contributed by atoms with Crippen LogP contribution in [0.5, 0.6) is 5.75 Å². The number of nitrogens with zero attached hydrogens (tertiary/aromatic N) is 1. The van der Waals surface area contributed by atoms with Crippen molar-refractivity contribution < 1.29 is 9.53 Å². The van der Waals surface area contributed by atoms with E-state index in [0.29, 0.717) is 11.7 Å². The lowest BCUT2D eigenvalue weighted by molar-refractivity contribution is -0.123. The van der Waals surface area contributed by atoms with Gasteiger partial charge in [0.25, 0.3) is 5.91 Å². The van der Waals surface area contributed by atoms with E-state index >= 15 is 0 Å². The average Bonchev–Trinajstić information content (AvgIpc) is 2.53. The number of amides is 1. The lowest BCUT2D eigenvalue weighted by Crippen LogP contribution is -2.24. The van der Waals surface area contributed by atoms with Gasteiger partial charge in [-0.3, -0.25) is 4.79 Å². The average molecular weight is 310 g/mol. The summed E-state index contributed by atoms with van der Waals surface area (Å²) in [4.78, 5) is 11.7. The van der Waals surface area contributed by atoms with Crippen LogP contribution in [0.3, 0.4) is 0 Å². The van der Waals surface area contributed by atoms with Crippen molar-refractivity contribution >= 4 is 12.1 Å². The number of carbonyl (C=O) groups excluding carboxylic acids is 1. The number of ether oxygens (including phenoxy) is 1. The van der Waals surface area contributed by atoms with Crippen LogP contribution >= 0.6 is 0 Å². The van der Waals surface area contributed by atoms with E-state index in [1.165, 1.54) is 5.56 Å². The maximum absolute atomic E-state index is 11.7. The molecule has 0 aliphatic heterocycles. The highest BCUT2D eigenvalue weighted by Gasteiger charge is 2.01. The first-order chi connectivity index (χ1) is 11.0. The van der Waals surface area contributed by atoms with Crippen molar-refractivity contribution in [3.05, 3.63) is 65.2 Å². The molecule has 1 amide bonds. The van der Waals surface area contributed by atoms with Crippen molar-refractivity contribution in [1.29, 1.82) is 0 Å². The summed E-state index contributed by atoms with van der Waals surface area (Å²) in [5, 5.41) is 3.94. The Hall–Kier alpha value is -2.62. The molecule has 2 aromatic rings. The summed E-state index contributed by atoms with van der Waals surface area (Å²) in [6, 6.07) is 15.7. The number of hydrogen-bond acceptors (Lipinski definition) is 3. The summed E-state index contributed by atoms with van der Waals surface area (Å²) in [6.45, 7) is 6.21. The Labute approximate surface area is 137 Å². The van der Waals surface area contributed by atoms with Gasteiger partial charge in [-0.25, -0.2) is 5.43 Å². The first kappa shape index (κ1) is 16.7. The molecule has 0 bridgehead atoms. The molecule has 1 N–H and O–H groups in total. The minimum absolute atomic E-state index is 0.0624. The van der Waals surface area contributed by atoms with Gasteiger partial charge in [0.2, 0.25) is 0 Å². The van der Waals surface area contributed by atoms with E-state index in [2.05, 4.69) is 36.5 Å². The zero-order valence-corrected chi connectivity index (χ0v) is 13.7. The van der Waals surface area contributed by atoms with Crippen LogP contribution < -0.4 is 10.2 Å². The molecular formula is C19H22N2O2. The SMILES string of the molecule is Cc1cccc(OCC(=O)N/N=C\c2ccc(C(C)C)cc2)c1. The van der Waals surface area contributed by atoms with Gasteiger partial charge in [0.1, 0.15) is 5.75 Å². The van der Waals surface area contributed by atoms with Crippen molar-refractivity contribution in [2.45, 2.75) is 26.7 Å². The smallest absolute Gasteiger partial charge is 0.277 e. The number of hydrogen-bond donors (Lipinski definition) is 1. The second-order valence-corrected chi connectivity index (χ2v) is 5.72. The minimum Gasteiger partial charge on any atom is -0.484 e. The molecule has 120 valence electrons. The second-order valence-electron chi connectivity index (χ2n) is 5.72. The predicted octanol–water partition coefficient (Wildman–Crippen LogP) is 3.65. The van der Waals surface area contributed by atoms with E-state index in [1.54, 1.807) is 6.21 Å². The quantitative estimate of drug-likeness (QED) is 0.654. The fourth-order valence-electron chi connectivity index (χ4n) is 2.03. The summed E-state index contributed by atoms with van der Waals surface area (Å²) in [5.41, 5.74) is 5.76. The normalized spacial score (nSPS) is 11.0. The van der Waals surface area contributed by atoms with Crippen LogP contribution in [0.15, 0.2) is 53.6 Å². The number of hydrazone groups is 1. The summed E-state index contributed by atoms with van der Waals surface area (Å²) in [6.07, 6.45) is 1.62. The van der Waals surface area contributed by atoms with E-state index < -0.39 is 0 Å². The van der Waals surface area contributed by atoms with Crippen LogP contribution in [0.1, 0.15) is 36.5 Å². The zero-order chi connectivity index (χ0) is 16.7. The van der Waals surface area contributed by atoms with Crippen LogP contribution in [0.25, 0.3) is 0 Å². The maximum Gasteiger partial charge on any atom is 0.277 e. The van der Waals surface area contributed by atoms with Crippen molar-refractivity contribution in [2.24, 2.45) is 5.10 Å². The highest BCUT2D eigenvalue weighted by Crippen LogP contribution is 2.14. The third-order valence-electron chi connectivity index (χ3n) is 3.37. The molecule has 0 atom stereocenters. The van der Waals surface area contributed by atoms with Gasteiger partial charge < -0.3 is 4.74 Å². The van der Waals surface area contributed by atoms with Crippen LogP contribution in [-0.2, 0) is 4.79 Å². The Bertz CT molecular complexity index is 676. The molecule has 2 rings (SSSR count). The molecular weight excluding hydrogens is 288 g/mol. The molecule has 0 aliphatic carbocycles. The van der Waals surface area contributed by atoms with Crippen molar-refractivity contribution in [3.63, 3.8) is 0 Å². The van der Waals surface area contributed by atoms with Crippen molar-refractivity contribution in [1.82, 2.24) is 5.43 Å². The van der Waals surface area contributed by atoms with Crippen LogP contribution in [0.2, 0.25) is 0 Å². The van der Waals surface area contributed by atoms with Gasteiger partial charge in [0, 0.05) is 0 Å². The molecule has 2 aromatic carbocycles. The molecule has 0 heterocycles. The molecule has 23 heavy (non-hydrogen) atoms. The van der Waals surface area contributed by atoms with Gasteiger partial charge in [-0.15, -0.1) is 0 Å². The number of benzene rings is 2. The maximum atomic E-state index is 11.7. The molecule has 0 unspecified atom stereocenters. The number of carbonyl (C=O) groups is 1. The van der Waals surface area contributed by atoms with Crippen molar-refractivity contribution in [3.8, 4) is 5.75 Å². The molecule has 0 aromatic heterocycles. The van der Waals surface area contributed by atoms with Crippen LogP contribution in [0.4, 0.5) is 0 Å². The van der Waals surface area contributed by atoms with E-state index in [-0.39, 0.29) is 12.5 Å². The Morgan fingerprint density at radius 3 is 2.61 bits per heavy atom. The van der Waals surface area contributed by atoms with Gasteiger partial charge >= 0.3 is 0 Å². The Balaban J connectivity index is 1.79. The molecule has 4 heteroatoms. The number of aryl methyl sites for hydroxylation is 1. The van der Waals surface area contributed by atoms with Gasteiger partial charge in [-0.2, -0.15) is 5.10 Å². The lowest BCUT2D eigenvalue weighted by atomic mass is 10.0. The molecule has 0 radical (unpaired) electrons. The van der Waals surface area contributed by atoms with E-state index in [4.69, 9.17) is 4.74 Å². The Kier molecular flexibility index (Phi) is 5.92. The topological polar surface area (TPSA) is 50.7 Å². The molecule has 0 aliphatic rings. The Morgan fingerprint density at radius 2 is 1.96 bits per heavy atom. The molecule has 4 nitrogen and oxygen atoms in total. The van der Waals surface area contributed by atoms with Crippen LogP contribution in [-0.4, -0.2) is 18.7 Å². The second kappa shape index (κ2) is 8.13. The largest absolute Gasteiger partial charge is 0.484 e. The molecule has 0 saturated carbocycles. The standard InChI is InChI=1S/C19H22N2O2/c1-14(2)17-9-7-16(8-10-17)12-20-21-19(22)13-23-18-6-4-5-15(3)11-18/h4-12,14H,13H2,1-3H3,(H,21,22)/b20-12-. The summed E-state index contributed by atoms with van der Waals surface area (Å²) in [5.74, 6) is 0.884. The van der Waals surface area contributed by atoms with Gasteiger partial charge in [-0.05, 0) is 41.7 Å². The summed E-state index contributed by atoms with van der Waals surface area (Å²) < 4.78 is 5.41. The van der Waals surface area contributed by atoms with Gasteiger partial charge in [-0.1, -0.05) is 50.2 Å². The highest BCUT2D eigenvalue weighted by molar-refractivity contribution is 5.82.